The molecule has 3 rings (SSSR count). The van der Waals surface area contributed by atoms with Gasteiger partial charge in [-0.1, -0.05) is 0 Å². The van der Waals surface area contributed by atoms with Crippen LogP contribution in [0.5, 0.6) is 0 Å². The zero-order valence-electron chi connectivity index (χ0n) is 10.4. The van der Waals surface area contributed by atoms with Crippen molar-refractivity contribution in [2.24, 2.45) is 0 Å². The first kappa shape index (κ1) is 12.3. The second-order valence-corrected chi connectivity index (χ2v) is 5.49. The summed E-state index contributed by atoms with van der Waals surface area (Å²) in [6.45, 7) is 0.742. The van der Waals surface area contributed by atoms with Crippen LogP contribution in [0.2, 0.25) is 0 Å². The van der Waals surface area contributed by atoms with Crippen LogP contribution in [0.25, 0.3) is 10.9 Å². The summed E-state index contributed by atoms with van der Waals surface area (Å²) in [6.07, 6.45) is 4.74. The molecule has 2 aromatic rings. The molecule has 0 fully saturated rings. The molecule has 0 spiro atoms. The maximum atomic E-state index is 13.4. The van der Waals surface area contributed by atoms with Crippen LogP contribution in [0, 0.1) is 17.3 Å². The lowest BCUT2D eigenvalue weighted by Crippen LogP contribution is -2.53. The van der Waals surface area contributed by atoms with E-state index in [0.29, 0.717) is 0 Å². The number of rotatable bonds is 2. The number of aromatic nitrogens is 1. The number of nitrogens with one attached hydrogen (secondary N) is 3. The Morgan fingerprint density at radius 2 is 2.37 bits per heavy atom. The molecule has 6 heteroatoms. The number of hydrogen-bond donors (Lipinski definition) is 3. The molecule has 0 unspecified atom stereocenters. The third-order valence-electron chi connectivity index (χ3n) is 3.51. The van der Waals surface area contributed by atoms with Crippen LogP contribution in [0.15, 0.2) is 18.2 Å². The minimum atomic E-state index is -0.655. The van der Waals surface area contributed by atoms with E-state index in [9.17, 15) is 4.39 Å². The summed E-state index contributed by atoms with van der Waals surface area (Å²) in [5, 5.41) is 16.0. The third-order valence-corrected chi connectivity index (χ3v) is 4.57. The average Bonchev–Trinajstić information content (AvgIpc) is 2.78. The Kier molecular flexibility index (Phi) is 2.88. The van der Waals surface area contributed by atoms with Crippen molar-refractivity contribution in [2.45, 2.75) is 11.4 Å². The van der Waals surface area contributed by atoms with Crippen molar-refractivity contribution < 1.29 is 4.39 Å². The molecule has 1 atom stereocenters. The predicted octanol–water partition coefficient (Wildman–Crippen LogP) is 2.00. The van der Waals surface area contributed by atoms with Gasteiger partial charge in [0.25, 0.3) is 0 Å². The van der Waals surface area contributed by atoms with Gasteiger partial charge in [-0.2, -0.15) is 5.26 Å². The van der Waals surface area contributed by atoms with Crippen molar-refractivity contribution in [2.75, 3.05) is 12.8 Å². The zero-order chi connectivity index (χ0) is 13.5. The van der Waals surface area contributed by atoms with Crippen molar-refractivity contribution in [3.63, 3.8) is 0 Å². The number of H-pyrrole nitrogens is 1. The van der Waals surface area contributed by atoms with Gasteiger partial charge in [0.05, 0.1) is 5.69 Å². The topological polar surface area (TPSA) is 63.6 Å². The van der Waals surface area contributed by atoms with Gasteiger partial charge in [0.15, 0.2) is 11.2 Å². The van der Waals surface area contributed by atoms with Crippen LogP contribution < -0.4 is 10.6 Å². The van der Waals surface area contributed by atoms with Crippen LogP contribution in [0.1, 0.15) is 11.3 Å². The van der Waals surface area contributed by atoms with E-state index >= 15 is 0 Å². The smallest absolute Gasteiger partial charge is 0.187 e. The minimum absolute atomic E-state index is 0.240. The van der Waals surface area contributed by atoms with E-state index < -0.39 is 4.99 Å². The number of aromatic amines is 1. The number of hydrogen-bond acceptors (Lipinski definition) is 4. The second-order valence-electron chi connectivity index (χ2n) is 4.47. The maximum absolute atomic E-state index is 13.4. The summed E-state index contributed by atoms with van der Waals surface area (Å²) in [7, 11) is 0. The third kappa shape index (κ3) is 1.78. The first-order chi connectivity index (χ1) is 9.20. The number of thioether (sulfide) groups is 1. The molecular formula is C13H13FN4S. The lowest BCUT2D eigenvalue weighted by atomic mass is 10.0. The Hall–Kier alpha value is -1.71. The van der Waals surface area contributed by atoms with E-state index in [1.165, 1.54) is 17.8 Å². The first-order valence-electron chi connectivity index (χ1n) is 5.97. The fraction of sp³-hybridized carbons (Fsp3) is 0.308. The molecule has 0 saturated carbocycles. The normalized spacial score (nSPS) is 21.9. The van der Waals surface area contributed by atoms with E-state index in [4.69, 9.17) is 5.26 Å². The van der Waals surface area contributed by atoms with E-state index in [-0.39, 0.29) is 5.82 Å². The lowest BCUT2D eigenvalue weighted by molar-refractivity contribution is 0.416. The van der Waals surface area contributed by atoms with Gasteiger partial charge in [-0.05, 0) is 36.4 Å². The van der Waals surface area contributed by atoms with E-state index in [0.717, 1.165) is 35.1 Å². The van der Waals surface area contributed by atoms with E-state index in [1.807, 2.05) is 12.4 Å². The second kappa shape index (κ2) is 4.44. The van der Waals surface area contributed by atoms with Crippen LogP contribution in [0.3, 0.4) is 0 Å². The Morgan fingerprint density at radius 3 is 3.11 bits per heavy atom. The minimum Gasteiger partial charge on any atom is -0.354 e. The van der Waals surface area contributed by atoms with Gasteiger partial charge >= 0.3 is 0 Å². The Labute approximate surface area is 114 Å². The molecule has 0 bridgehead atoms. The molecule has 1 aliphatic rings. The van der Waals surface area contributed by atoms with Gasteiger partial charge in [-0.3, -0.25) is 10.6 Å². The van der Waals surface area contributed by atoms with Crippen LogP contribution in [0.4, 0.5) is 4.39 Å². The van der Waals surface area contributed by atoms with E-state index in [1.54, 1.807) is 12.1 Å². The zero-order valence-corrected chi connectivity index (χ0v) is 11.2. The predicted molar refractivity (Wildman–Crippen MR) is 73.9 cm³/mol. The van der Waals surface area contributed by atoms with E-state index in [2.05, 4.69) is 15.6 Å². The van der Waals surface area contributed by atoms with Gasteiger partial charge in [0.1, 0.15) is 5.82 Å². The first-order valence-corrected chi connectivity index (χ1v) is 7.19. The largest absolute Gasteiger partial charge is 0.354 e. The summed E-state index contributed by atoms with van der Waals surface area (Å²) in [5.74, 6) is -0.240. The summed E-state index contributed by atoms with van der Waals surface area (Å²) in [6, 6.07) is 4.73. The highest BCUT2D eigenvalue weighted by Gasteiger charge is 2.38. The fourth-order valence-corrected chi connectivity index (χ4v) is 3.42. The molecule has 0 amide bonds. The molecule has 2 heterocycles. The number of nitrogens with zero attached hydrogens (tertiary/aromatic N) is 1. The molecular weight excluding hydrogens is 263 g/mol. The van der Waals surface area contributed by atoms with Crippen LogP contribution in [-0.4, -0.2) is 17.8 Å². The lowest BCUT2D eigenvalue weighted by Gasteiger charge is -2.35. The van der Waals surface area contributed by atoms with Crippen LogP contribution in [-0.2, 0) is 11.4 Å². The Morgan fingerprint density at radius 1 is 1.53 bits per heavy atom. The molecule has 1 aromatic heterocycles. The Balaban J connectivity index is 2.25. The summed E-state index contributed by atoms with van der Waals surface area (Å²) in [4.78, 5) is 2.65. The highest BCUT2D eigenvalue weighted by Crippen LogP contribution is 2.37. The molecule has 98 valence electrons. The monoisotopic (exact) mass is 276 g/mol. The summed E-state index contributed by atoms with van der Waals surface area (Å²) in [5.41, 5.74) is 2.88. The number of benzene rings is 1. The van der Waals surface area contributed by atoms with Gasteiger partial charge in [-0.15, -0.1) is 11.8 Å². The number of nitriles is 1. The SMILES string of the molecule is CS[C@@]1(NC#N)NCCc2c1[nH]c1ccc(F)cc21. The molecule has 0 radical (unpaired) electrons. The molecule has 0 saturated heterocycles. The fourth-order valence-electron chi connectivity index (χ4n) is 2.64. The highest BCUT2D eigenvalue weighted by molar-refractivity contribution is 7.99. The van der Waals surface area contributed by atoms with Gasteiger partial charge in [0.2, 0.25) is 0 Å². The molecule has 1 aromatic carbocycles. The van der Waals surface area contributed by atoms with Gasteiger partial charge in [-0.25, -0.2) is 4.39 Å². The van der Waals surface area contributed by atoms with Gasteiger partial charge < -0.3 is 4.98 Å². The van der Waals surface area contributed by atoms with Crippen molar-refractivity contribution in [3.8, 4) is 6.19 Å². The molecule has 19 heavy (non-hydrogen) atoms. The maximum Gasteiger partial charge on any atom is 0.187 e. The highest BCUT2D eigenvalue weighted by atomic mass is 32.2. The summed E-state index contributed by atoms with van der Waals surface area (Å²) >= 11 is 1.51. The van der Waals surface area contributed by atoms with Crippen molar-refractivity contribution in [1.82, 2.24) is 15.6 Å². The number of fused-ring (bicyclic) bond motifs is 3. The Bertz CT molecular complexity index is 675. The van der Waals surface area contributed by atoms with Gasteiger partial charge in [0, 0.05) is 17.4 Å². The van der Waals surface area contributed by atoms with Crippen molar-refractivity contribution in [3.05, 3.63) is 35.3 Å². The standard InChI is InChI=1S/C13H13FN4S/c1-19-13(17-7-15)12-9(4-5-16-13)10-6-8(14)2-3-11(10)18-12/h2-3,6,16-18H,4-5H2,1H3/t13-/m1/s1. The van der Waals surface area contributed by atoms with Crippen molar-refractivity contribution >= 4 is 22.7 Å². The average molecular weight is 276 g/mol. The van der Waals surface area contributed by atoms with Crippen LogP contribution >= 0.6 is 11.8 Å². The summed E-state index contributed by atoms with van der Waals surface area (Å²) < 4.78 is 13.4. The molecule has 0 aliphatic carbocycles. The quantitative estimate of drug-likeness (QED) is 0.446. The molecule has 1 aliphatic heterocycles. The molecule has 3 N–H and O–H groups in total. The van der Waals surface area contributed by atoms with Crippen molar-refractivity contribution in [1.29, 1.82) is 5.26 Å². The molecule has 4 nitrogen and oxygen atoms in total. The number of halogens is 1.